The molecule has 0 aliphatic heterocycles. The topological polar surface area (TPSA) is 78.4 Å². The number of aryl methyl sites for hydroxylation is 2. The van der Waals surface area contributed by atoms with Crippen LogP contribution in [0.1, 0.15) is 36.8 Å². The van der Waals surface area contributed by atoms with E-state index in [1.807, 2.05) is 26.0 Å². The summed E-state index contributed by atoms with van der Waals surface area (Å²) in [5.74, 6) is -1.00. The van der Waals surface area contributed by atoms with Crippen molar-refractivity contribution in [3.8, 4) is 0 Å². The summed E-state index contributed by atoms with van der Waals surface area (Å²) in [5, 5.41) is 14.8. The Labute approximate surface area is 138 Å². The molecule has 1 saturated carbocycles. The fraction of sp³-hybridized carbons (Fsp3) is 0.500. The van der Waals surface area contributed by atoms with Gasteiger partial charge >= 0.3 is 12.0 Å². The van der Waals surface area contributed by atoms with Crippen LogP contribution >= 0.6 is 15.9 Å². The van der Waals surface area contributed by atoms with E-state index in [-0.39, 0.29) is 18.0 Å². The Kier molecular flexibility index (Phi) is 5.45. The van der Waals surface area contributed by atoms with Gasteiger partial charge in [-0.05, 0) is 56.7 Å². The number of carboxylic acid groups (broad SMARTS) is 1. The van der Waals surface area contributed by atoms with E-state index in [9.17, 15) is 9.59 Å². The molecule has 5 nitrogen and oxygen atoms in total. The van der Waals surface area contributed by atoms with Crippen molar-refractivity contribution >= 4 is 33.6 Å². The summed E-state index contributed by atoms with van der Waals surface area (Å²) in [4.78, 5) is 23.0. The largest absolute Gasteiger partial charge is 0.481 e. The molecule has 0 atom stereocenters. The lowest BCUT2D eigenvalue weighted by molar-refractivity contribution is -0.142. The van der Waals surface area contributed by atoms with Crippen molar-refractivity contribution < 1.29 is 14.7 Å². The van der Waals surface area contributed by atoms with E-state index in [0.717, 1.165) is 21.3 Å². The number of nitrogens with one attached hydrogen (secondary N) is 2. The summed E-state index contributed by atoms with van der Waals surface area (Å²) in [6, 6.07) is 3.71. The number of carbonyl (C=O) groups is 2. The summed E-state index contributed by atoms with van der Waals surface area (Å²) >= 11 is 3.46. The van der Waals surface area contributed by atoms with Crippen LogP contribution in [0, 0.1) is 19.8 Å². The van der Waals surface area contributed by atoms with Crippen molar-refractivity contribution in [3.05, 3.63) is 27.7 Å². The van der Waals surface area contributed by atoms with Gasteiger partial charge in [0.05, 0.1) is 5.92 Å². The van der Waals surface area contributed by atoms with Gasteiger partial charge in [0.1, 0.15) is 0 Å². The van der Waals surface area contributed by atoms with E-state index >= 15 is 0 Å². The standard InChI is InChI=1S/C16H21BrN2O3/c1-9-7-10(2)14(8-13(9)17)19-16(22)18-12-5-3-11(4-6-12)15(20)21/h7-8,11-12H,3-6H2,1-2H3,(H,20,21)(H2,18,19,22). The maximum absolute atomic E-state index is 12.1. The van der Waals surface area contributed by atoms with Gasteiger partial charge in [-0.15, -0.1) is 0 Å². The molecule has 0 heterocycles. The molecule has 1 aromatic carbocycles. The van der Waals surface area contributed by atoms with E-state index < -0.39 is 5.97 Å². The number of aliphatic carboxylic acids is 1. The lowest BCUT2D eigenvalue weighted by Gasteiger charge is -2.27. The zero-order valence-electron chi connectivity index (χ0n) is 12.8. The molecule has 0 saturated heterocycles. The predicted octanol–water partition coefficient (Wildman–Crippen LogP) is 3.83. The fourth-order valence-electron chi connectivity index (χ4n) is 2.79. The summed E-state index contributed by atoms with van der Waals surface area (Å²) in [6.45, 7) is 3.95. The molecule has 2 amide bonds. The molecular formula is C16H21BrN2O3. The molecule has 1 aromatic rings. The number of hydrogen-bond donors (Lipinski definition) is 3. The quantitative estimate of drug-likeness (QED) is 0.758. The third kappa shape index (κ3) is 4.22. The Balaban J connectivity index is 1.89. The molecular weight excluding hydrogens is 348 g/mol. The van der Waals surface area contributed by atoms with Crippen LogP contribution in [-0.4, -0.2) is 23.1 Å². The second kappa shape index (κ2) is 7.13. The van der Waals surface area contributed by atoms with Crippen LogP contribution in [0.2, 0.25) is 0 Å². The first-order valence-corrected chi connectivity index (χ1v) is 8.23. The van der Waals surface area contributed by atoms with Gasteiger partial charge in [0.25, 0.3) is 0 Å². The van der Waals surface area contributed by atoms with Crippen molar-refractivity contribution in [2.45, 2.75) is 45.6 Å². The second-order valence-electron chi connectivity index (χ2n) is 5.90. The van der Waals surface area contributed by atoms with Crippen LogP contribution < -0.4 is 10.6 Å². The highest BCUT2D eigenvalue weighted by Gasteiger charge is 2.26. The molecule has 1 aliphatic rings. The molecule has 3 N–H and O–H groups in total. The van der Waals surface area contributed by atoms with Gasteiger partial charge in [-0.2, -0.15) is 0 Å². The zero-order valence-corrected chi connectivity index (χ0v) is 14.4. The number of hydrogen-bond acceptors (Lipinski definition) is 2. The third-order valence-corrected chi connectivity index (χ3v) is 5.02. The fourth-order valence-corrected chi connectivity index (χ4v) is 3.13. The molecule has 0 bridgehead atoms. The van der Waals surface area contributed by atoms with E-state index in [1.54, 1.807) is 0 Å². The Morgan fingerprint density at radius 3 is 2.36 bits per heavy atom. The minimum absolute atomic E-state index is 0.0461. The van der Waals surface area contributed by atoms with Crippen LogP contribution in [0.4, 0.5) is 10.5 Å². The smallest absolute Gasteiger partial charge is 0.319 e. The molecule has 1 aliphatic carbocycles. The highest BCUT2D eigenvalue weighted by molar-refractivity contribution is 9.10. The van der Waals surface area contributed by atoms with Gasteiger partial charge in [-0.25, -0.2) is 4.79 Å². The van der Waals surface area contributed by atoms with Crippen LogP contribution in [-0.2, 0) is 4.79 Å². The van der Waals surface area contributed by atoms with Crippen LogP contribution in [0.5, 0.6) is 0 Å². The van der Waals surface area contributed by atoms with Crippen molar-refractivity contribution in [2.24, 2.45) is 5.92 Å². The minimum atomic E-state index is -0.733. The normalized spacial score (nSPS) is 21.2. The third-order valence-electron chi connectivity index (χ3n) is 4.17. The number of halogens is 1. The molecule has 2 rings (SSSR count). The first-order chi connectivity index (χ1) is 10.4. The summed E-state index contributed by atoms with van der Waals surface area (Å²) < 4.78 is 0.954. The highest BCUT2D eigenvalue weighted by atomic mass is 79.9. The number of anilines is 1. The van der Waals surface area contributed by atoms with E-state index in [1.165, 1.54) is 0 Å². The van der Waals surface area contributed by atoms with Gasteiger partial charge in [0.2, 0.25) is 0 Å². The average molecular weight is 369 g/mol. The Hall–Kier alpha value is -1.56. The Morgan fingerprint density at radius 1 is 1.14 bits per heavy atom. The van der Waals surface area contributed by atoms with Crippen LogP contribution in [0.25, 0.3) is 0 Å². The van der Waals surface area contributed by atoms with Gasteiger partial charge in [0.15, 0.2) is 0 Å². The van der Waals surface area contributed by atoms with Gasteiger partial charge < -0.3 is 15.7 Å². The lowest BCUT2D eigenvalue weighted by Crippen LogP contribution is -2.41. The van der Waals surface area contributed by atoms with Gasteiger partial charge in [-0.1, -0.05) is 22.0 Å². The van der Waals surface area contributed by atoms with Gasteiger partial charge in [-0.3, -0.25) is 4.79 Å². The summed E-state index contributed by atoms with van der Waals surface area (Å²) in [5.41, 5.74) is 2.90. The second-order valence-corrected chi connectivity index (χ2v) is 6.76. The zero-order chi connectivity index (χ0) is 16.3. The van der Waals surface area contributed by atoms with Crippen molar-refractivity contribution in [2.75, 3.05) is 5.32 Å². The van der Waals surface area contributed by atoms with Crippen molar-refractivity contribution in [1.82, 2.24) is 5.32 Å². The predicted molar refractivity (Wildman–Crippen MR) is 89.2 cm³/mol. The monoisotopic (exact) mass is 368 g/mol. The number of rotatable bonds is 3. The van der Waals surface area contributed by atoms with Gasteiger partial charge in [0, 0.05) is 16.2 Å². The van der Waals surface area contributed by atoms with Crippen LogP contribution in [0.15, 0.2) is 16.6 Å². The molecule has 22 heavy (non-hydrogen) atoms. The molecule has 1 fully saturated rings. The Morgan fingerprint density at radius 2 is 1.77 bits per heavy atom. The van der Waals surface area contributed by atoms with Crippen LogP contribution in [0.3, 0.4) is 0 Å². The minimum Gasteiger partial charge on any atom is -0.481 e. The lowest BCUT2D eigenvalue weighted by atomic mass is 9.86. The number of carboxylic acids is 1. The van der Waals surface area contributed by atoms with Crippen molar-refractivity contribution in [1.29, 1.82) is 0 Å². The molecule has 0 spiro atoms. The molecule has 6 heteroatoms. The summed E-state index contributed by atoms with van der Waals surface area (Å²) in [6.07, 6.45) is 2.66. The Bertz CT molecular complexity index is 581. The number of urea groups is 1. The van der Waals surface area contributed by atoms with Crippen molar-refractivity contribution in [3.63, 3.8) is 0 Å². The first-order valence-electron chi connectivity index (χ1n) is 7.44. The van der Waals surface area contributed by atoms with E-state index in [4.69, 9.17) is 5.11 Å². The summed E-state index contributed by atoms with van der Waals surface area (Å²) in [7, 11) is 0. The number of amides is 2. The maximum atomic E-state index is 12.1. The maximum Gasteiger partial charge on any atom is 0.319 e. The first kappa shape index (κ1) is 16.8. The number of benzene rings is 1. The van der Waals surface area contributed by atoms with E-state index in [2.05, 4.69) is 26.6 Å². The number of carbonyl (C=O) groups excluding carboxylic acids is 1. The average Bonchev–Trinajstić information content (AvgIpc) is 2.45. The SMILES string of the molecule is Cc1cc(C)c(NC(=O)NC2CCC(C(=O)O)CC2)cc1Br. The van der Waals surface area contributed by atoms with E-state index in [0.29, 0.717) is 25.7 Å². The molecule has 0 radical (unpaired) electrons. The highest BCUT2D eigenvalue weighted by Crippen LogP contribution is 2.26. The molecule has 0 aromatic heterocycles. The molecule has 120 valence electrons. The molecule has 0 unspecified atom stereocenters.